The van der Waals surface area contributed by atoms with Gasteiger partial charge in [0.2, 0.25) is 0 Å². The highest BCUT2D eigenvalue weighted by Crippen LogP contribution is 2.26. The fraction of sp³-hybridized carbons (Fsp3) is 0.538. The van der Waals surface area contributed by atoms with Gasteiger partial charge >= 0.3 is 0 Å². The van der Waals surface area contributed by atoms with Gasteiger partial charge in [0, 0.05) is 6.54 Å². The summed E-state index contributed by atoms with van der Waals surface area (Å²) in [5.74, 6) is 1.38. The van der Waals surface area contributed by atoms with Crippen molar-refractivity contribution >= 4 is 9.84 Å². The van der Waals surface area contributed by atoms with E-state index in [0.717, 1.165) is 12.0 Å². The standard InChI is InChI=1S/C13H19NO4S/c1-18-13-6-10(2-3-12(13)15)7-14-8-11-4-5-19(16,17)9-11/h2-3,6,11,14-15H,4-5,7-9H2,1H3. The molecule has 1 atom stereocenters. The quantitative estimate of drug-likeness (QED) is 0.841. The Hall–Kier alpha value is -1.27. The summed E-state index contributed by atoms with van der Waals surface area (Å²) in [5.41, 5.74) is 0.996. The van der Waals surface area contributed by atoms with Gasteiger partial charge in [0.05, 0.1) is 18.6 Å². The molecule has 1 aliphatic rings. The maximum absolute atomic E-state index is 11.3. The molecule has 2 rings (SSSR count). The zero-order valence-corrected chi connectivity index (χ0v) is 11.7. The first-order valence-corrected chi connectivity index (χ1v) is 8.09. The molecule has 1 heterocycles. The van der Waals surface area contributed by atoms with Crippen molar-refractivity contribution in [3.05, 3.63) is 23.8 Å². The Bertz CT molecular complexity index is 542. The van der Waals surface area contributed by atoms with E-state index in [1.54, 1.807) is 12.1 Å². The van der Waals surface area contributed by atoms with Gasteiger partial charge in [0.25, 0.3) is 0 Å². The van der Waals surface area contributed by atoms with E-state index in [-0.39, 0.29) is 11.7 Å². The lowest BCUT2D eigenvalue weighted by atomic mass is 10.1. The molecule has 0 spiro atoms. The van der Waals surface area contributed by atoms with Crippen molar-refractivity contribution in [3.63, 3.8) is 0 Å². The topological polar surface area (TPSA) is 75.6 Å². The van der Waals surface area contributed by atoms with Crippen molar-refractivity contribution < 1.29 is 18.3 Å². The zero-order valence-electron chi connectivity index (χ0n) is 10.9. The Morgan fingerprint density at radius 1 is 1.47 bits per heavy atom. The Morgan fingerprint density at radius 2 is 2.26 bits per heavy atom. The molecule has 0 amide bonds. The van der Waals surface area contributed by atoms with Crippen LogP contribution >= 0.6 is 0 Å². The monoisotopic (exact) mass is 285 g/mol. The Balaban J connectivity index is 1.83. The third kappa shape index (κ3) is 3.84. The lowest BCUT2D eigenvalue weighted by molar-refractivity contribution is 0.372. The summed E-state index contributed by atoms with van der Waals surface area (Å²) in [5, 5.41) is 12.7. The predicted molar refractivity (Wildman–Crippen MR) is 73.1 cm³/mol. The summed E-state index contributed by atoms with van der Waals surface area (Å²) in [6.45, 7) is 1.33. The van der Waals surface area contributed by atoms with E-state index in [0.29, 0.717) is 30.3 Å². The number of phenolic OH excluding ortho intramolecular Hbond substituents is 1. The number of nitrogens with one attached hydrogen (secondary N) is 1. The summed E-state index contributed by atoms with van der Waals surface area (Å²) >= 11 is 0. The van der Waals surface area contributed by atoms with Crippen LogP contribution in [0, 0.1) is 5.92 Å². The van der Waals surface area contributed by atoms with Crippen LogP contribution in [0.1, 0.15) is 12.0 Å². The number of ether oxygens (including phenoxy) is 1. The van der Waals surface area contributed by atoms with Crippen molar-refractivity contribution in [2.75, 3.05) is 25.2 Å². The maximum Gasteiger partial charge on any atom is 0.160 e. The predicted octanol–water partition coefficient (Wildman–Crippen LogP) is 0.925. The van der Waals surface area contributed by atoms with Gasteiger partial charge < -0.3 is 15.2 Å². The van der Waals surface area contributed by atoms with Crippen LogP contribution in [0.5, 0.6) is 11.5 Å². The number of hydrogen-bond acceptors (Lipinski definition) is 5. The highest BCUT2D eigenvalue weighted by molar-refractivity contribution is 7.91. The average molecular weight is 285 g/mol. The highest BCUT2D eigenvalue weighted by atomic mass is 32.2. The summed E-state index contributed by atoms with van der Waals surface area (Å²) in [4.78, 5) is 0. The zero-order chi connectivity index (χ0) is 13.9. The summed E-state index contributed by atoms with van der Waals surface area (Å²) in [6, 6.07) is 5.18. The minimum Gasteiger partial charge on any atom is -0.504 e. The molecule has 0 radical (unpaired) electrons. The molecule has 1 aromatic rings. The molecule has 2 N–H and O–H groups in total. The van der Waals surface area contributed by atoms with E-state index >= 15 is 0 Å². The third-order valence-corrected chi connectivity index (χ3v) is 5.17. The minimum atomic E-state index is -2.80. The van der Waals surface area contributed by atoms with Gasteiger partial charge in [-0.1, -0.05) is 6.07 Å². The second-order valence-electron chi connectivity index (χ2n) is 4.91. The van der Waals surface area contributed by atoms with Gasteiger partial charge in [-0.2, -0.15) is 0 Å². The highest BCUT2D eigenvalue weighted by Gasteiger charge is 2.27. The molecule has 0 saturated carbocycles. The number of benzene rings is 1. The fourth-order valence-corrected chi connectivity index (χ4v) is 4.15. The Labute approximate surface area is 113 Å². The molecule has 6 heteroatoms. The molecule has 1 aromatic carbocycles. The molecule has 0 aromatic heterocycles. The van der Waals surface area contributed by atoms with E-state index in [9.17, 15) is 13.5 Å². The van der Waals surface area contributed by atoms with Crippen LogP contribution < -0.4 is 10.1 Å². The number of hydrogen-bond donors (Lipinski definition) is 2. The van der Waals surface area contributed by atoms with E-state index in [2.05, 4.69) is 5.32 Å². The Kier molecular flexibility index (Phi) is 4.31. The van der Waals surface area contributed by atoms with Crippen LogP contribution in [0.15, 0.2) is 18.2 Å². The van der Waals surface area contributed by atoms with Gasteiger partial charge in [-0.25, -0.2) is 8.42 Å². The molecule has 0 aliphatic carbocycles. The fourth-order valence-electron chi connectivity index (χ4n) is 2.29. The minimum absolute atomic E-state index is 0.119. The van der Waals surface area contributed by atoms with Crippen LogP contribution in [0.2, 0.25) is 0 Å². The summed E-state index contributed by atoms with van der Waals surface area (Å²) in [7, 11) is -1.29. The number of rotatable bonds is 5. The van der Waals surface area contributed by atoms with Crippen molar-refractivity contribution in [3.8, 4) is 11.5 Å². The number of aromatic hydroxyl groups is 1. The van der Waals surface area contributed by atoms with Crippen LogP contribution in [-0.2, 0) is 16.4 Å². The van der Waals surface area contributed by atoms with Crippen molar-refractivity contribution in [2.45, 2.75) is 13.0 Å². The molecule has 5 nitrogen and oxygen atoms in total. The SMILES string of the molecule is COc1cc(CNCC2CCS(=O)(=O)C2)ccc1O. The molecule has 106 valence electrons. The Morgan fingerprint density at radius 3 is 2.89 bits per heavy atom. The van der Waals surface area contributed by atoms with Crippen LogP contribution in [0.3, 0.4) is 0 Å². The van der Waals surface area contributed by atoms with E-state index in [1.807, 2.05) is 6.07 Å². The van der Waals surface area contributed by atoms with Crippen molar-refractivity contribution in [1.82, 2.24) is 5.32 Å². The van der Waals surface area contributed by atoms with Crippen LogP contribution in [0.4, 0.5) is 0 Å². The van der Waals surface area contributed by atoms with Gasteiger partial charge in [-0.05, 0) is 36.6 Å². The van der Waals surface area contributed by atoms with Gasteiger partial charge in [-0.15, -0.1) is 0 Å². The maximum atomic E-state index is 11.3. The number of phenols is 1. The smallest absolute Gasteiger partial charge is 0.160 e. The van der Waals surface area contributed by atoms with Crippen LogP contribution in [-0.4, -0.2) is 38.7 Å². The van der Waals surface area contributed by atoms with Crippen molar-refractivity contribution in [1.29, 1.82) is 0 Å². The molecule has 1 unspecified atom stereocenters. The van der Waals surface area contributed by atoms with E-state index in [1.165, 1.54) is 7.11 Å². The summed E-state index contributed by atoms with van der Waals surface area (Å²) < 4.78 is 27.7. The first-order valence-electron chi connectivity index (χ1n) is 6.27. The molecule has 19 heavy (non-hydrogen) atoms. The lowest BCUT2D eigenvalue weighted by Gasteiger charge is -2.11. The second-order valence-corrected chi connectivity index (χ2v) is 7.13. The molecular weight excluding hydrogens is 266 g/mol. The van der Waals surface area contributed by atoms with Gasteiger partial charge in [0.1, 0.15) is 0 Å². The number of methoxy groups -OCH3 is 1. The van der Waals surface area contributed by atoms with Gasteiger partial charge in [-0.3, -0.25) is 0 Å². The third-order valence-electron chi connectivity index (χ3n) is 3.33. The normalized spacial score (nSPS) is 21.4. The largest absolute Gasteiger partial charge is 0.504 e. The van der Waals surface area contributed by atoms with Crippen LogP contribution in [0.25, 0.3) is 0 Å². The first-order chi connectivity index (χ1) is 9.00. The average Bonchev–Trinajstić information content (AvgIpc) is 2.71. The second kappa shape index (κ2) is 5.79. The molecule has 0 bridgehead atoms. The molecule has 1 fully saturated rings. The number of sulfone groups is 1. The lowest BCUT2D eigenvalue weighted by Crippen LogP contribution is -2.23. The van der Waals surface area contributed by atoms with E-state index in [4.69, 9.17) is 4.74 Å². The van der Waals surface area contributed by atoms with Gasteiger partial charge in [0.15, 0.2) is 21.3 Å². The molecular formula is C13H19NO4S. The van der Waals surface area contributed by atoms with Crippen molar-refractivity contribution in [2.24, 2.45) is 5.92 Å². The summed E-state index contributed by atoms with van der Waals surface area (Å²) in [6.07, 6.45) is 0.744. The first kappa shape index (κ1) is 14.1. The molecule has 1 aliphatic heterocycles. The van der Waals surface area contributed by atoms with E-state index < -0.39 is 9.84 Å². The molecule has 1 saturated heterocycles.